The number of anilines is 1. The quantitative estimate of drug-likeness (QED) is 0.463. The lowest BCUT2D eigenvalue weighted by Crippen LogP contribution is -2.34. The number of urea groups is 1. The zero-order valence-corrected chi connectivity index (χ0v) is 22.3. The van der Waals surface area contributed by atoms with E-state index >= 15 is 0 Å². The summed E-state index contributed by atoms with van der Waals surface area (Å²) in [5.74, 6) is 2.78. The van der Waals surface area contributed by atoms with Crippen LogP contribution in [0.4, 0.5) is 10.5 Å². The minimum absolute atomic E-state index is 0.00203. The van der Waals surface area contributed by atoms with Crippen molar-refractivity contribution < 1.29 is 14.4 Å². The molecule has 1 aromatic carbocycles. The Morgan fingerprint density at radius 3 is 2.54 bits per heavy atom. The molecule has 2 heterocycles. The molecule has 0 bridgehead atoms. The molecular formula is C28H38N6O3. The molecule has 1 atom stereocenters. The van der Waals surface area contributed by atoms with Crippen LogP contribution in [0.2, 0.25) is 0 Å². The van der Waals surface area contributed by atoms with E-state index < -0.39 is 6.03 Å². The van der Waals surface area contributed by atoms with Crippen LogP contribution < -0.4 is 10.6 Å². The molecule has 2 aromatic rings. The molecule has 2 aliphatic carbocycles. The fourth-order valence-corrected chi connectivity index (χ4v) is 5.90. The third-order valence-corrected chi connectivity index (χ3v) is 7.83. The second kappa shape index (κ2) is 10.3. The molecule has 198 valence electrons. The number of amides is 4. The second-order valence-electron chi connectivity index (χ2n) is 11.7. The molecule has 4 amide bonds. The number of hydrogen-bond acceptors (Lipinski definition) is 5. The van der Waals surface area contributed by atoms with Gasteiger partial charge >= 0.3 is 6.03 Å². The number of carbonyl (C=O) groups is 3. The van der Waals surface area contributed by atoms with Crippen molar-refractivity contribution in [1.29, 1.82) is 0 Å². The summed E-state index contributed by atoms with van der Waals surface area (Å²) in [5.41, 5.74) is 2.91. The SMILES string of the molecule is Cc1ccc(NC(=O)C[C@H](CN2CC(=O)NC2=O)c2nnc([C@H]3C[C@@H](CC(C)C)C3)n2C2CC2)c(C)c1. The largest absolute Gasteiger partial charge is 0.326 e. The zero-order chi connectivity index (χ0) is 26.3. The summed E-state index contributed by atoms with van der Waals surface area (Å²) in [6.07, 6.45) is 5.79. The van der Waals surface area contributed by atoms with Gasteiger partial charge in [0.25, 0.3) is 0 Å². The van der Waals surface area contributed by atoms with E-state index in [9.17, 15) is 14.4 Å². The van der Waals surface area contributed by atoms with Gasteiger partial charge in [0.15, 0.2) is 0 Å². The Bertz CT molecular complexity index is 1190. The Balaban J connectivity index is 1.38. The molecule has 9 heteroatoms. The number of carbonyl (C=O) groups excluding carboxylic acids is 3. The topological polar surface area (TPSA) is 109 Å². The summed E-state index contributed by atoms with van der Waals surface area (Å²) >= 11 is 0. The van der Waals surface area contributed by atoms with Crippen molar-refractivity contribution in [1.82, 2.24) is 25.0 Å². The van der Waals surface area contributed by atoms with E-state index in [0.717, 1.165) is 60.1 Å². The monoisotopic (exact) mass is 506 g/mol. The van der Waals surface area contributed by atoms with Gasteiger partial charge < -0.3 is 14.8 Å². The highest BCUT2D eigenvalue weighted by Crippen LogP contribution is 2.47. The Morgan fingerprint density at radius 1 is 1.16 bits per heavy atom. The van der Waals surface area contributed by atoms with Crippen molar-refractivity contribution in [2.75, 3.05) is 18.4 Å². The van der Waals surface area contributed by atoms with Gasteiger partial charge in [-0.25, -0.2) is 4.79 Å². The van der Waals surface area contributed by atoms with Gasteiger partial charge in [-0.1, -0.05) is 31.5 Å². The first kappa shape index (κ1) is 25.4. The fraction of sp³-hybridized carbons (Fsp3) is 0.607. The van der Waals surface area contributed by atoms with Gasteiger partial charge in [-0.2, -0.15) is 0 Å². The van der Waals surface area contributed by atoms with Crippen molar-refractivity contribution in [3.8, 4) is 0 Å². The Hall–Kier alpha value is -3.23. The molecule has 2 N–H and O–H groups in total. The standard InChI is InChI=1S/C28H38N6O3/c1-16(2)9-19-11-20(12-19)26-31-32-27(34(26)22-6-7-22)21(14-33-15-25(36)30-28(33)37)13-24(35)29-23-8-5-17(3)10-18(23)4/h5,8,10,16,19-22H,6-7,9,11-15H2,1-4H3,(H,29,35)(H,30,36,37)/t19-,20+,21-/m1/s1. The molecule has 3 fully saturated rings. The van der Waals surface area contributed by atoms with Crippen LogP contribution in [0.15, 0.2) is 18.2 Å². The maximum atomic E-state index is 13.2. The summed E-state index contributed by atoms with van der Waals surface area (Å²) in [6.45, 7) is 8.77. The summed E-state index contributed by atoms with van der Waals surface area (Å²) in [4.78, 5) is 39.0. The maximum absolute atomic E-state index is 13.2. The van der Waals surface area contributed by atoms with E-state index in [1.54, 1.807) is 0 Å². The second-order valence-corrected chi connectivity index (χ2v) is 11.7. The van der Waals surface area contributed by atoms with Crippen molar-refractivity contribution in [3.05, 3.63) is 41.0 Å². The molecule has 0 unspecified atom stereocenters. The Kier molecular flexibility index (Phi) is 7.05. The summed E-state index contributed by atoms with van der Waals surface area (Å²) in [6, 6.07) is 5.86. The lowest BCUT2D eigenvalue weighted by molar-refractivity contribution is -0.118. The number of aryl methyl sites for hydroxylation is 2. The summed E-state index contributed by atoms with van der Waals surface area (Å²) < 4.78 is 2.27. The van der Waals surface area contributed by atoms with Gasteiger partial charge in [0, 0.05) is 36.5 Å². The minimum Gasteiger partial charge on any atom is -0.326 e. The molecule has 5 rings (SSSR count). The van der Waals surface area contributed by atoms with Crippen LogP contribution in [0, 0.1) is 25.7 Å². The maximum Gasteiger partial charge on any atom is 0.324 e. The van der Waals surface area contributed by atoms with Gasteiger partial charge in [0.2, 0.25) is 11.8 Å². The third kappa shape index (κ3) is 5.70. The summed E-state index contributed by atoms with van der Waals surface area (Å²) in [7, 11) is 0. The van der Waals surface area contributed by atoms with Crippen molar-refractivity contribution in [3.63, 3.8) is 0 Å². The first-order valence-corrected chi connectivity index (χ1v) is 13.6. The number of nitrogens with one attached hydrogen (secondary N) is 2. The molecule has 1 aromatic heterocycles. The van der Waals surface area contributed by atoms with Crippen LogP contribution in [0.5, 0.6) is 0 Å². The fourth-order valence-electron chi connectivity index (χ4n) is 5.90. The van der Waals surface area contributed by atoms with Gasteiger partial charge in [-0.15, -0.1) is 10.2 Å². The number of benzene rings is 1. The molecule has 1 saturated heterocycles. The van der Waals surface area contributed by atoms with Crippen molar-refractivity contribution in [2.45, 2.75) is 84.1 Å². The van der Waals surface area contributed by atoms with Crippen LogP contribution in [0.25, 0.3) is 0 Å². The highest BCUT2D eigenvalue weighted by Gasteiger charge is 2.40. The number of imide groups is 1. The van der Waals surface area contributed by atoms with Crippen LogP contribution in [0.3, 0.4) is 0 Å². The van der Waals surface area contributed by atoms with Crippen LogP contribution in [-0.4, -0.2) is 50.6 Å². The number of hydrogen-bond donors (Lipinski definition) is 2. The van der Waals surface area contributed by atoms with Crippen LogP contribution in [-0.2, 0) is 9.59 Å². The molecule has 0 spiro atoms. The smallest absolute Gasteiger partial charge is 0.324 e. The van der Waals surface area contributed by atoms with Crippen LogP contribution in [0.1, 0.15) is 93.0 Å². The molecular weight excluding hydrogens is 468 g/mol. The van der Waals surface area contributed by atoms with Gasteiger partial charge in [0.1, 0.15) is 18.2 Å². The predicted molar refractivity (Wildman–Crippen MR) is 140 cm³/mol. The first-order chi connectivity index (χ1) is 17.7. The average molecular weight is 507 g/mol. The predicted octanol–water partition coefficient (Wildman–Crippen LogP) is 4.43. The summed E-state index contributed by atoms with van der Waals surface area (Å²) in [5, 5.41) is 14.7. The van der Waals surface area contributed by atoms with E-state index in [2.05, 4.69) is 39.2 Å². The van der Waals surface area contributed by atoms with Gasteiger partial charge in [-0.3, -0.25) is 14.9 Å². The van der Waals surface area contributed by atoms with Crippen molar-refractivity contribution >= 4 is 23.5 Å². The van der Waals surface area contributed by atoms with E-state index in [0.29, 0.717) is 17.9 Å². The van der Waals surface area contributed by atoms with Gasteiger partial charge in [-0.05, 0) is 69.4 Å². The average Bonchev–Trinajstić information content (AvgIpc) is 3.46. The normalized spacial score (nSPS) is 22.2. The number of aromatic nitrogens is 3. The Labute approximate surface area is 218 Å². The molecule has 37 heavy (non-hydrogen) atoms. The van der Waals surface area contributed by atoms with E-state index in [4.69, 9.17) is 0 Å². The Morgan fingerprint density at radius 2 is 1.92 bits per heavy atom. The number of rotatable bonds is 10. The number of nitrogens with zero attached hydrogens (tertiary/aromatic N) is 4. The highest BCUT2D eigenvalue weighted by atomic mass is 16.2. The first-order valence-electron chi connectivity index (χ1n) is 13.6. The zero-order valence-electron chi connectivity index (χ0n) is 22.3. The van der Waals surface area contributed by atoms with E-state index in [-0.39, 0.29) is 37.2 Å². The lowest BCUT2D eigenvalue weighted by atomic mass is 9.71. The van der Waals surface area contributed by atoms with E-state index in [1.165, 1.54) is 11.3 Å². The minimum atomic E-state index is -0.419. The van der Waals surface area contributed by atoms with Crippen LogP contribution >= 0.6 is 0 Å². The highest BCUT2D eigenvalue weighted by molar-refractivity contribution is 6.02. The third-order valence-electron chi connectivity index (χ3n) is 7.83. The lowest BCUT2D eigenvalue weighted by Gasteiger charge is -2.36. The van der Waals surface area contributed by atoms with E-state index in [1.807, 2.05) is 32.0 Å². The molecule has 2 saturated carbocycles. The molecule has 0 radical (unpaired) electrons. The molecule has 3 aliphatic rings. The van der Waals surface area contributed by atoms with Crippen molar-refractivity contribution in [2.24, 2.45) is 11.8 Å². The van der Waals surface area contributed by atoms with Gasteiger partial charge in [0.05, 0.1) is 0 Å². The molecule has 1 aliphatic heterocycles. The molecule has 9 nitrogen and oxygen atoms in total.